The number of hydrogen-bond acceptors (Lipinski definition) is 4. The maximum Gasteiger partial charge on any atom is 2.00 e. The molecule has 0 aliphatic carbocycles. The van der Waals surface area contributed by atoms with Crippen LogP contribution in [0.2, 0.25) is 0 Å². The molecular formula is C8H16CdN2S4. The van der Waals surface area contributed by atoms with Gasteiger partial charge in [0.2, 0.25) is 0 Å². The number of nitrogens with zero attached hydrogens (tertiary/aromatic N) is 2. The Morgan fingerprint density at radius 2 is 1.13 bits per heavy atom. The van der Waals surface area contributed by atoms with Gasteiger partial charge in [0.1, 0.15) is 0 Å². The van der Waals surface area contributed by atoms with Crippen LogP contribution >= 0.6 is 24.4 Å². The summed E-state index contributed by atoms with van der Waals surface area (Å²) in [5.74, 6) is 0. The molecule has 0 rings (SSSR count). The monoisotopic (exact) mass is 382 g/mol. The van der Waals surface area contributed by atoms with Gasteiger partial charge in [0.25, 0.3) is 0 Å². The van der Waals surface area contributed by atoms with Crippen LogP contribution < -0.4 is 0 Å². The van der Waals surface area contributed by atoms with Crippen LogP contribution in [0.15, 0.2) is 0 Å². The number of thiocarbonyl (C=S) groups is 2. The smallest absolute Gasteiger partial charge is 0.411 e. The van der Waals surface area contributed by atoms with E-state index in [4.69, 9.17) is 0 Å². The third-order valence-corrected chi connectivity index (χ3v) is 2.82. The van der Waals surface area contributed by atoms with Crippen molar-refractivity contribution in [1.82, 2.24) is 9.80 Å². The summed E-state index contributed by atoms with van der Waals surface area (Å²) in [5.41, 5.74) is 0. The van der Waals surface area contributed by atoms with Crippen molar-refractivity contribution in [3.63, 3.8) is 0 Å². The van der Waals surface area contributed by atoms with E-state index in [-0.39, 0.29) is 27.3 Å². The summed E-state index contributed by atoms with van der Waals surface area (Å²) < 4.78 is 1.09. The van der Waals surface area contributed by atoms with Crippen molar-refractivity contribution < 1.29 is 27.3 Å². The third-order valence-electron chi connectivity index (χ3n) is 1.57. The Morgan fingerprint density at radius 3 is 1.13 bits per heavy atom. The molecule has 0 aromatic rings. The first-order chi connectivity index (χ1) is 6.36. The summed E-state index contributed by atoms with van der Waals surface area (Å²) in [7, 11) is 3.77. The first-order valence-electron chi connectivity index (χ1n) is 4.20. The zero-order chi connectivity index (χ0) is 11.7. The number of hydrogen-bond donors (Lipinski definition) is 0. The van der Waals surface area contributed by atoms with Crippen molar-refractivity contribution in [1.29, 1.82) is 0 Å². The van der Waals surface area contributed by atoms with Gasteiger partial charge in [-0.1, -0.05) is 8.64 Å². The molecule has 0 bridgehead atoms. The van der Waals surface area contributed by atoms with Crippen molar-refractivity contribution in [2.24, 2.45) is 0 Å². The van der Waals surface area contributed by atoms with Gasteiger partial charge in [0, 0.05) is 27.2 Å². The van der Waals surface area contributed by atoms with Crippen LogP contribution in [0.1, 0.15) is 13.8 Å². The molecule has 0 aliphatic rings. The van der Waals surface area contributed by atoms with Gasteiger partial charge in [-0.15, -0.1) is 0 Å². The first kappa shape index (κ1) is 21.4. The second-order valence-electron chi connectivity index (χ2n) is 2.56. The van der Waals surface area contributed by atoms with E-state index >= 15 is 0 Å². The Kier molecular flexibility index (Phi) is 18.9. The van der Waals surface area contributed by atoms with Crippen molar-refractivity contribution in [2.75, 3.05) is 27.2 Å². The van der Waals surface area contributed by atoms with Crippen molar-refractivity contribution in [3.8, 4) is 0 Å². The zero-order valence-electron chi connectivity index (χ0n) is 9.65. The zero-order valence-corrected chi connectivity index (χ0v) is 17.0. The summed E-state index contributed by atoms with van der Waals surface area (Å²) in [6.07, 6.45) is 0. The van der Waals surface area contributed by atoms with Gasteiger partial charge < -0.3 is 59.5 Å². The minimum atomic E-state index is 0. The van der Waals surface area contributed by atoms with Crippen LogP contribution in [0.4, 0.5) is 0 Å². The molecule has 0 N–H and O–H groups in total. The van der Waals surface area contributed by atoms with Gasteiger partial charge in [0.05, 0.1) is 0 Å². The largest absolute Gasteiger partial charge is 2.00 e. The van der Waals surface area contributed by atoms with Gasteiger partial charge in [0.15, 0.2) is 0 Å². The van der Waals surface area contributed by atoms with E-state index in [1.165, 1.54) is 0 Å². The van der Waals surface area contributed by atoms with Gasteiger partial charge in [-0.3, -0.25) is 0 Å². The van der Waals surface area contributed by atoms with E-state index in [1.54, 1.807) is 0 Å². The minimum absolute atomic E-state index is 0. The maximum absolute atomic E-state index is 4.66. The van der Waals surface area contributed by atoms with Crippen molar-refractivity contribution >= 4 is 58.3 Å². The quantitative estimate of drug-likeness (QED) is 0.404. The van der Waals surface area contributed by atoms with Crippen LogP contribution in [0.3, 0.4) is 0 Å². The fraction of sp³-hybridized carbons (Fsp3) is 0.750. The molecule has 0 spiro atoms. The Bertz CT molecular complexity index is 169. The third kappa shape index (κ3) is 15.1. The molecule has 2 nitrogen and oxygen atoms in total. The molecule has 0 fully saturated rings. The van der Waals surface area contributed by atoms with E-state index in [9.17, 15) is 0 Å². The summed E-state index contributed by atoms with van der Waals surface area (Å²) in [4.78, 5) is 3.68. The Hall–Kier alpha value is 1.14. The average molecular weight is 381 g/mol. The van der Waals surface area contributed by atoms with Gasteiger partial charge in [-0.2, -0.15) is 0 Å². The average Bonchev–Trinajstić information content (AvgIpc) is 2.15. The summed E-state index contributed by atoms with van der Waals surface area (Å²) in [6.45, 7) is 5.84. The molecule has 0 saturated carbocycles. The normalized spacial score (nSPS) is 7.73. The molecule has 84 valence electrons. The topological polar surface area (TPSA) is 6.48 Å². The molecule has 0 aliphatic heterocycles. The summed E-state index contributed by atoms with van der Waals surface area (Å²) >= 11 is 18.6. The van der Waals surface area contributed by atoms with Gasteiger partial charge in [-0.25, -0.2) is 0 Å². The van der Waals surface area contributed by atoms with Gasteiger partial charge in [-0.05, 0) is 13.8 Å². The van der Waals surface area contributed by atoms with Gasteiger partial charge >= 0.3 is 27.3 Å². The second-order valence-corrected chi connectivity index (χ2v) is 4.62. The first-order valence-corrected chi connectivity index (χ1v) is 5.84. The standard InChI is InChI=1S/2C4H9NS2.Cd/c2*1-3-5(2)4(6)7;/h2*3H2,1-2H3,(H,6,7);/q;;+2/p-2. The van der Waals surface area contributed by atoms with E-state index in [2.05, 4.69) is 49.7 Å². The SMILES string of the molecule is CCN(C)C(=S)[S-].CCN(C)C(=S)[S-].[Cd+2]. The van der Waals surface area contributed by atoms with Crippen molar-refractivity contribution in [3.05, 3.63) is 0 Å². The van der Waals surface area contributed by atoms with Crippen LogP contribution in [0, 0.1) is 0 Å². The molecule has 7 heteroatoms. The van der Waals surface area contributed by atoms with E-state index < -0.39 is 0 Å². The van der Waals surface area contributed by atoms with E-state index in [0.29, 0.717) is 8.64 Å². The van der Waals surface area contributed by atoms with Crippen LogP contribution in [0.25, 0.3) is 0 Å². The Balaban J connectivity index is -0.000000180. The van der Waals surface area contributed by atoms with E-state index in [0.717, 1.165) is 13.1 Å². The molecule has 0 saturated heterocycles. The molecule has 0 amide bonds. The molecule has 0 radical (unpaired) electrons. The minimum Gasteiger partial charge on any atom is -0.411 e. The summed E-state index contributed by atoms with van der Waals surface area (Å²) in [5, 5.41) is 0. The predicted octanol–water partition coefficient (Wildman–Crippen LogP) is 1.54. The molecule has 0 heterocycles. The van der Waals surface area contributed by atoms with Crippen molar-refractivity contribution in [2.45, 2.75) is 13.8 Å². The fourth-order valence-electron chi connectivity index (χ4n) is 0.258. The van der Waals surface area contributed by atoms with Crippen LogP contribution in [0.5, 0.6) is 0 Å². The second kappa shape index (κ2) is 13.2. The number of rotatable bonds is 2. The Morgan fingerprint density at radius 1 is 0.933 bits per heavy atom. The Labute approximate surface area is 135 Å². The van der Waals surface area contributed by atoms with E-state index in [1.807, 2.05) is 37.7 Å². The molecule has 0 aromatic carbocycles. The molecule has 0 atom stereocenters. The van der Waals surface area contributed by atoms with Crippen LogP contribution in [-0.4, -0.2) is 45.6 Å². The molecule has 0 unspecified atom stereocenters. The molecular weight excluding hydrogens is 365 g/mol. The molecule has 0 aromatic heterocycles. The predicted molar refractivity (Wildman–Crippen MR) is 76.5 cm³/mol. The summed E-state index contributed by atoms with van der Waals surface area (Å²) in [6, 6.07) is 0. The van der Waals surface area contributed by atoms with Crippen LogP contribution in [-0.2, 0) is 52.6 Å². The fourth-order valence-corrected chi connectivity index (χ4v) is 0.775. The molecule has 15 heavy (non-hydrogen) atoms. The maximum atomic E-state index is 4.66.